The molecular weight excluding hydrogens is 432 g/mol. The summed E-state index contributed by atoms with van der Waals surface area (Å²) in [6, 6.07) is 0. The van der Waals surface area contributed by atoms with Crippen LogP contribution >= 0.6 is 0 Å². The van der Waals surface area contributed by atoms with E-state index in [9.17, 15) is 10.2 Å². The van der Waals surface area contributed by atoms with Gasteiger partial charge in [-0.3, -0.25) is 19.6 Å². The van der Waals surface area contributed by atoms with Gasteiger partial charge in [0.1, 0.15) is 0 Å². The van der Waals surface area contributed by atoms with Crippen LogP contribution in [0.5, 0.6) is 0 Å². The van der Waals surface area contributed by atoms with Crippen LogP contribution in [-0.2, 0) is 0 Å². The molecule has 0 radical (unpaired) electrons. The molecule has 0 aromatic carbocycles. The third-order valence-corrected chi connectivity index (χ3v) is 6.62. The highest BCUT2D eigenvalue weighted by molar-refractivity contribution is 4.72. The standard InChI is InChI=1S/C24H54N8O2/c1-23(33)21-31-15-9-27-7-14-30-12-6-26-4-3-25-5-11-29(17-19-31)13-8-28-10-16-32(20-18-30)22-24(2)34/h23-28,33-34H,3-22H2,1-2H3. The van der Waals surface area contributed by atoms with E-state index in [0.29, 0.717) is 0 Å². The maximum Gasteiger partial charge on any atom is 0.0639 e. The highest BCUT2D eigenvalue weighted by Gasteiger charge is 2.14. The molecule has 4 unspecified atom stereocenters. The highest BCUT2D eigenvalue weighted by Crippen LogP contribution is 1.98. The molecule has 4 atom stereocenters. The lowest BCUT2D eigenvalue weighted by Crippen LogP contribution is -2.48. The number of aliphatic hydroxyl groups is 2. The summed E-state index contributed by atoms with van der Waals surface area (Å²) in [4.78, 5) is 9.86. The Kier molecular flexibility index (Phi) is 16.5. The second-order valence-corrected chi connectivity index (χ2v) is 9.98. The Labute approximate surface area is 208 Å². The van der Waals surface area contributed by atoms with E-state index in [2.05, 4.69) is 40.9 Å². The number of hydrogen-bond acceptors (Lipinski definition) is 10. The summed E-state index contributed by atoms with van der Waals surface area (Å²) >= 11 is 0. The molecule has 6 N–H and O–H groups in total. The molecule has 3 saturated heterocycles. The molecule has 0 saturated carbocycles. The van der Waals surface area contributed by atoms with Crippen LogP contribution in [0.3, 0.4) is 0 Å². The van der Waals surface area contributed by atoms with Gasteiger partial charge in [-0.2, -0.15) is 0 Å². The summed E-state index contributed by atoms with van der Waals surface area (Å²) in [7, 11) is 0. The zero-order valence-electron chi connectivity index (χ0n) is 22.0. The summed E-state index contributed by atoms with van der Waals surface area (Å²) < 4.78 is 0. The Morgan fingerprint density at radius 1 is 0.471 bits per heavy atom. The number of rotatable bonds is 4. The Balaban J connectivity index is 2.07. The van der Waals surface area contributed by atoms with Gasteiger partial charge >= 0.3 is 0 Å². The van der Waals surface area contributed by atoms with Crippen LogP contribution in [0.25, 0.3) is 0 Å². The van der Waals surface area contributed by atoms with Crippen molar-refractivity contribution in [3.63, 3.8) is 0 Å². The Hall–Kier alpha value is -0.400. The third kappa shape index (κ3) is 14.9. The van der Waals surface area contributed by atoms with Crippen molar-refractivity contribution in [2.24, 2.45) is 0 Å². The maximum atomic E-state index is 9.99. The van der Waals surface area contributed by atoms with Crippen LogP contribution in [0.4, 0.5) is 0 Å². The lowest BCUT2D eigenvalue weighted by Gasteiger charge is -2.31. The van der Waals surface area contributed by atoms with Gasteiger partial charge in [0.05, 0.1) is 12.2 Å². The van der Waals surface area contributed by atoms with Crippen molar-refractivity contribution < 1.29 is 10.2 Å². The van der Waals surface area contributed by atoms with E-state index in [0.717, 1.165) is 131 Å². The van der Waals surface area contributed by atoms with Gasteiger partial charge in [0, 0.05) is 131 Å². The van der Waals surface area contributed by atoms with Gasteiger partial charge in [-0.25, -0.2) is 0 Å². The van der Waals surface area contributed by atoms with Gasteiger partial charge in [0.25, 0.3) is 0 Å². The quantitative estimate of drug-likeness (QED) is 0.253. The molecule has 34 heavy (non-hydrogen) atoms. The molecule has 0 aromatic rings. The van der Waals surface area contributed by atoms with Crippen molar-refractivity contribution >= 4 is 0 Å². The predicted molar refractivity (Wildman–Crippen MR) is 141 cm³/mol. The zero-order valence-corrected chi connectivity index (χ0v) is 22.0. The molecule has 10 nitrogen and oxygen atoms in total. The number of nitrogens with one attached hydrogen (secondary N) is 4. The van der Waals surface area contributed by atoms with E-state index in [4.69, 9.17) is 0 Å². The maximum absolute atomic E-state index is 9.99. The van der Waals surface area contributed by atoms with Gasteiger partial charge in [0.15, 0.2) is 0 Å². The second kappa shape index (κ2) is 18.8. The average Bonchev–Trinajstić information content (AvgIpc) is 2.78. The molecule has 3 fully saturated rings. The molecule has 10 heteroatoms. The first-order chi connectivity index (χ1) is 16.5. The largest absolute Gasteiger partial charge is 0.392 e. The minimum Gasteiger partial charge on any atom is -0.392 e. The fourth-order valence-corrected chi connectivity index (χ4v) is 4.67. The van der Waals surface area contributed by atoms with Gasteiger partial charge in [-0.05, 0) is 13.8 Å². The predicted octanol–water partition coefficient (Wildman–Crippen LogP) is -2.66. The molecule has 3 rings (SSSR count). The van der Waals surface area contributed by atoms with Gasteiger partial charge in [0.2, 0.25) is 0 Å². The zero-order chi connectivity index (χ0) is 24.4. The van der Waals surface area contributed by atoms with Crippen LogP contribution in [0.15, 0.2) is 0 Å². The molecule has 202 valence electrons. The summed E-state index contributed by atoms with van der Waals surface area (Å²) in [5.74, 6) is 0. The van der Waals surface area contributed by atoms with Crippen molar-refractivity contribution in [2.45, 2.75) is 26.1 Å². The van der Waals surface area contributed by atoms with E-state index < -0.39 is 0 Å². The molecule has 0 aliphatic carbocycles. The molecule has 3 aliphatic heterocycles. The Morgan fingerprint density at radius 3 is 1.15 bits per heavy atom. The first-order valence-electron chi connectivity index (χ1n) is 13.6. The topological polar surface area (TPSA) is 102 Å². The first-order valence-corrected chi connectivity index (χ1v) is 13.6. The van der Waals surface area contributed by atoms with Crippen molar-refractivity contribution in [1.29, 1.82) is 0 Å². The van der Waals surface area contributed by atoms with E-state index in [1.807, 2.05) is 13.8 Å². The van der Waals surface area contributed by atoms with Crippen LogP contribution in [-0.4, -0.2) is 173 Å². The fourth-order valence-electron chi connectivity index (χ4n) is 4.67. The van der Waals surface area contributed by atoms with E-state index in [1.54, 1.807) is 0 Å². The Bertz CT molecular complexity index is 444. The molecular formula is C24H54N8O2. The van der Waals surface area contributed by atoms with E-state index in [1.165, 1.54) is 0 Å². The summed E-state index contributed by atoms with van der Waals surface area (Å²) in [5, 5.41) is 34.4. The van der Waals surface area contributed by atoms with Crippen molar-refractivity contribution in [2.75, 3.05) is 131 Å². The molecule has 0 amide bonds. The minimum atomic E-state index is -0.305. The van der Waals surface area contributed by atoms with E-state index >= 15 is 0 Å². The fraction of sp³-hybridized carbons (Fsp3) is 1.00. The first kappa shape index (κ1) is 29.8. The number of fused-ring (bicyclic) bond motifs is 21. The summed E-state index contributed by atoms with van der Waals surface area (Å²) in [6.07, 6.45) is -0.611. The van der Waals surface area contributed by atoms with Crippen molar-refractivity contribution in [3.8, 4) is 0 Å². The summed E-state index contributed by atoms with van der Waals surface area (Å²) in [5.41, 5.74) is 0. The van der Waals surface area contributed by atoms with Gasteiger partial charge < -0.3 is 31.5 Å². The molecule has 0 aromatic heterocycles. The monoisotopic (exact) mass is 486 g/mol. The van der Waals surface area contributed by atoms with Crippen LogP contribution in [0, 0.1) is 0 Å². The SMILES string of the molecule is CC(O)CN1CCNCCN2CCNCCNCCN(CCNCCN(CC(C)O)CC2)CC1. The number of nitrogens with zero attached hydrogens (tertiary/aromatic N) is 4. The minimum absolute atomic E-state index is 0.305. The number of aliphatic hydroxyl groups excluding tert-OH is 2. The molecule has 3 heterocycles. The van der Waals surface area contributed by atoms with Crippen molar-refractivity contribution in [1.82, 2.24) is 40.9 Å². The second-order valence-electron chi connectivity index (χ2n) is 9.98. The van der Waals surface area contributed by atoms with Gasteiger partial charge in [-0.1, -0.05) is 0 Å². The smallest absolute Gasteiger partial charge is 0.0639 e. The van der Waals surface area contributed by atoms with Gasteiger partial charge in [-0.15, -0.1) is 0 Å². The number of hydrogen-bond donors (Lipinski definition) is 6. The molecule has 2 bridgehead atoms. The van der Waals surface area contributed by atoms with Crippen LogP contribution in [0.1, 0.15) is 13.8 Å². The highest BCUT2D eigenvalue weighted by atomic mass is 16.3. The van der Waals surface area contributed by atoms with E-state index in [-0.39, 0.29) is 12.2 Å². The average molecular weight is 487 g/mol. The normalized spacial score (nSPS) is 29.3. The third-order valence-electron chi connectivity index (χ3n) is 6.62. The van der Waals surface area contributed by atoms with Crippen molar-refractivity contribution in [3.05, 3.63) is 0 Å². The lowest BCUT2D eigenvalue weighted by molar-refractivity contribution is 0.111. The molecule has 0 spiro atoms. The van der Waals surface area contributed by atoms with Crippen LogP contribution < -0.4 is 21.3 Å². The molecule has 3 aliphatic rings. The summed E-state index contributed by atoms with van der Waals surface area (Å²) in [6.45, 7) is 23.0. The Morgan fingerprint density at radius 2 is 0.794 bits per heavy atom. The lowest BCUT2D eigenvalue weighted by atomic mass is 10.3. The van der Waals surface area contributed by atoms with Crippen LogP contribution in [0.2, 0.25) is 0 Å².